The van der Waals surface area contributed by atoms with Crippen molar-refractivity contribution in [3.63, 3.8) is 0 Å². The van der Waals surface area contributed by atoms with Crippen molar-refractivity contribution in [2.24, 2.45) is 0 Å². The number of carboxylic acids is 1. The topological polar surface area (TPSA) is 66.4 Å². The van der Waals surface area contributed by atoms with Gasteiger partial charge in [0.2, 0.25) is 0 Å². The van der Waals surface area contributed by atoms with Gasteiger partial charge in [0, 0.05) is 0 Å². The fraction of sp³-hybridized carbons (Fsp3) is 0.636. The van der Waals surface area contributed by atoms with Gasteiger partial charge < -0.3 is 10.4 Å². The number of carbonyl (C=O) groups is 2. The third-order valence-electron chi connectivity index (χ3n) is 2.71. The van der Waals surface area contributed by atoms with Crippen LogP contribution in [0.1, 0.15) is 39.0 Å². The molecule has 1 fully saturated rings. The number of carboxylic acid groups (broad SMARTS) is 1. The molecule has 0 aromatic carbocycles. The molecule has 4 nitrogen and oxygen atoms in total. The van der Waals surface area contributed by atoms with E-state index in [1.165, 1.54) is 0 Å². The van der Waals surface area contributed by atoms with E-state index in [-0.39, 0.29) is 0 Å². The van der Waals surface area contributed by atoms with Crippen LogP contribution in [-0.2, 0) is 9.59 Å². The molecule has 1 aliphatic carbocycles. The van der Waals surface area contributed by atoms with Gasteiger partial charge in [0.1, 0.15) is 5.54 Å². The van der Waals surface area contributed by atoms with E-state index in [9.17, 15) is 9.59 Å². The fourth-order valence-corrected chi connectivity index (χ4v) is 1.91. The van der Waals surface area contributed by atoms with Crippen LogP contribution >= 0.6 is 0 Å². The molecule has 2 N–H and O–H groups in total. The molecule has 0 aromatic rings. The van der Waals surface area contributed by atoms with Crippen molar-refractivity contribution in [2.75, 3.05) is 0 Å². The van der Waals surface area contributed by atoms with Gasteiger partial charge in [-0.15, -0.1) is 0 Å². The summed E-state index contributed by atoms with van der Waals surface area (Å²) in [5.74, 6) is 3.32. The minimum absolute atomic E-state index is 0.498. The third-order valence-corrected chi connectivity index (χ3v) is 2.71. The lowest BCUT2D eigenvalue weighted by molar-refractivity contribution is -0.148. The first kappa shape index (κ1) is 11.6. The van der Waals surface area contributed by atoms with E-state index in [1.807, 2.05) is 0 Å². The number of carbonyl (C=O) groups excluding carboxylic acids is 1. The minimum atomic E-state index is -1.08. The third kappa shape index (κ3) is 2.72. The first-order valence-corrected chi connectivity index (χ1v) is 5.09. The summed E-state index contributed by atoms with van der Waals surface area (Å²) in [6.07, 6.45) is 3.71. The number of aliphatic carboxylic acids is 1. The van der Waals surface area contributed by atoms with E-state index in [2.05, 4.69) is 17.2 Å². The lowest BCUT2D eigenvalue weighted by Crippen LogP contribution is -2.55. The van der Waals surface area contributed by atoms with Crippen LogP contribution in [0.15, 0.2) is 0 Å². The van der Waals surface area contributed by atoms with E-state index >= 15 is 0 Å². The fourth-order valence-electron chi connectivity index (χ4n) is 1.91. The summed E-state index contributed by atoms with van der Waals surface area (Å²) in [5.41, 5.74) is -1.08. The molecule has 1 aliphatic rings. The standard InChI is InChI=1S/C11H15NO3/c1-2-6-9(13)12-11(10(14)15)7-4-3-5-8-11/h3-5,7-8H2,1H3,(H,12,13)(H,14,15). The first-order chi connectivity index (χ1) is 7.10. The van der Waals surface area contributed by atoms with Crippen molar-refractivity contribution in [3.05, 3.63) is 0 Å². The first-order valence-electron chi connectivity index (χ1n) is 5.09. The molecule has 4 heteroatoms. The molecule has 0 spiro atoms. The van der Waals surface area contributed by atoms with Crippen LogP contribution in [0, 0.1) is 11.8 Å². The Labute approximate surface area is 89.0 Å². The van der Waals surface area contributed by atoms with E-state index in [1.54, 1.807) is 6.92 Å². The monoisotopic (exact) mass is 209 g/mol. The van der Waals surface area contributed by atoms with Gasteiger partial charge >= 0.3 is 5.97 Å². The maximum Gasteiger partial charge on any atom is 0.329 e. The average Bonchev–Trinajstić information content (AvgIpc) is 2.19. The van der Waals surface area contributed by atoms with Crippen molar-refractivity contribution in [3.8, 4) is 11.8 Å². The van der Waals surface area contributed by atoms with Crippen LogP contribution in [-0.4, -0.2) is 22.5 Å². The number of amides is 1. The summed E-state index contributed by atoms with van der Waals surface area (Å²) in [7, 11) is 0. The highest BCUT2D eigenvalue weighted by Crippen LogP contribution is 2.28. The minimum Gasteiger partial charge on any atom is -0.480 e. The Balaban J connectivity index is 2.75. The molecular weight excluding hydrogens is 194 g/mol. The highest BCUT2D eigenvalue weighted by molar-refractivity contribution is 5.97. The molecule has 0 atom stereocenters. The molecule has 1 amide bonds. The van der Waals surface area contributed by atoms with E-state index < -0.39 is 17.4 Å². The average molecular weight is 209 g/mol. The molecule has 0 saturated heterocycles. The zero-order valence-corrected chi connectivity index (χ0v) is 8.80. The maximum absolute atomic E-state index is 11.3. The Morgan fingerprint density at radius 2 is 1.87 bits per heavy atom. The zero-order valence-electron chi connectivity index (χ0n) is 8.80. The van der Waals surface area contributed by atoms with Crippen LogP contribution in [0.3, 0.4) is 0 Å². The van der Waals surface area contributed by atoms with Gasteiger partial charge in [0.25, 0.3) is 5.91 Å². The van der Waals surface area contributed by atoms with Crippen LogP contribution in [0.5, 0.6) is 0 Å². The molecular formula is C11H15NO3. The molecule has 0 aromatic heterocycles. The quantitative estimate of drug-likeness (QED) is 0.664. The lowest BCUT2D eigenvalue weighted by atomic mass is 9.81. The summed E-state index contributed by atoms with van der Waals surface area (Å²) in [6.45, 7) is 1.55. The van der Waals surface area contributed by atoms with Crippen molar-refractivity contribution < 1.29 is 14.7 Å². The zero-order chi connectivity index (χ0) is 11.3. The Bertz CT molecular complexity index is 318. The second kappa shape index (κ2) is 4.83. The van der Waals surface area contributed by atoms with E-state index in [4.69, 9.17) is 5.11 Å². The summed E-state index contributed by atoms with van der Waals surface area (Å²) in [5, 5.41) is 11.7. The van der Waals surface area contributed by atoms with Crippen LogP contribution in [0.25, 0.3) is 0 Å². The number of hydrogen-bond donors (Lipinski definition) is 2. The molecule has 0 heterocycles. The van der Waals surface area contributed by atoms with Gasteiger partial charge in [-0.2, -0.15) is 0 Å². The number of rotatable bonds is 2. The van der Waals surface area contributed by atoms with Crippen molar-refractivity contribution in [1.82, 2.24) is 5.32 Å². The molecule has 0 radical (unpaired) electrons. The Morgan fingerprint density at radius 3 is 2.33 bits per heavy atom. The van der Waals surface area contributed by atoms with Gasteiger partial charge in [-0.1, -0.05) is 25.2 Å². The van der Waals surface area contributed by atoms with Crippen molar-refractivity contribution in [2.45, 2.75) is 44.6 Å². The van der Waals surface area contributed by atoms with Crippen LogP contribution < -0.4 is 5.32 Å². The molecule has 0 bridgehead atoms. The highest BCUT2D eigenvalue weighted by atomic mass is 16.4. The molecule has 1 rings (SSSR count). The van der Waals surface area contributed by atoms with Gasteiger partial charge in [0.05, 0.1) is 0 Å². The van der Waals surface area contributed by atoms with Gasteiger partial charge in [-0.25, -0.2) is 4.79 Å². The second-order valence-corrected chi connectivity index (χ2v) is 3.78. The second-order valence-electron chi connectivity index (χ2n) is 3.78. The Morgan fingerprint density at radius 1 is 1.27 bits per heavy atom. The summed E-state index contributed by atoms with van der Waals surface area (Å²) < 4.78 is 0. The van der Waals surface area contributed by atoms with Crippen LogP contribution in [0.4, 0.5) is 0 Å². The van der Waals surface area contributed by atoms with Crippen molar-refractivity contribution in [1.29, 1.82) is 0 Å². The van der Waals surface area contributed by atoms with E-state index in [0.29, 0.717) is 12.8 Å². The maximum atomic E-state index is 11.3. The SMILES string of the molecule is CC#CC(=O)NC1(C(=O)O)CCCCC1. The smallest absolute Gasteiger partial charge is 0.329 e. The summed E-state index contributed by atoms with van der Waals surface area (Å²) >= 11 is 0. The Hall–Kier alpha value is -1.50. The van der Waals surface area contributed by atoms with E-state index in [0.717, 1.165) is 19.3 Å². The van der Waals surface area contributed by atoms with Gasteiger partial charge in [-0.05, 0) is 25.7 Å². The molecule has 0 aliphatic heterocycles. The Kier molecular flexibility index (Phi) is 3.73. The number of nitrogens with one attached hydrogen (secondary N) is 1. The lowest BCUT2D eigenvalue weighted by Gasteiger charge is -2.33. The predicted octanol–water partition coefficient (Wildman–Crippen LogP) is 0.913. The van der Waals surface area contributed by atoms with Gasteiger partial charge in [-0.3, -0.25) is 4.79 Å². The molecule has 1 saturated carbocycles. The normalized spacial score (nSPS) is 18.5. The van der Waals surface area contributed by atoms with Gasteiger partial charge in [0.15, 0.2) is 0 Å². The summed E-state index contributed by atoms with van der Waals surface area (Å²) in [6, 6.07) is 0. The largest absolute Gasteiger partial charge is 0.480 e. The summed E-state index contributed by atoms with van der Waals surface area (Å²) in [4.78, 5) is 22.4. The van der Waals surface area contributed by atoms with Crippen LogP contribution in [0.2, 0.25) is 0 Å². The number of hydrogen-bond acceptors (Lipinski definition) is 2. The molecule has 15 heavy (non-hydrogen) atoms. The molecule has 82 valence electrons. The molecule has 0 unspecified atom stereocenters. The van der Waals surface area contributed by atoms with Crippen molar-refractivity contribution >= 4 is 11.9 Å². The highest BCUT2D eigenvalue weighted by Gasteiger charge is 2.40. The predicted molar refractivity (Wildman–Crippen MR) is 55.0 cm³/mol.